The van der Waals surface area contributed by atoms with E-state index < -0.39 is 0 Å². The Labute approximate surface area is 165 Å². The Bertz CT molecular complexity index is 386. The van der Waals surface area contributed by atoms with Crippen LogP contribution in [-0.4, -0.2) is 51.2 Å². The molecule has 0 aromatic carbocycles. The molecule has 0 amide bonds. The van der Waals surface area contributed by atoms with Crippen molar-refractivity contribution in [2.45, 2.75) is 83.8 Å². The Balaban J connectivity index is 0.000000199. The van der Waals surface area contributed by atoms with E-state index in [0.717, 1.165) is 96.9 Å². The summed E-state index contributed by atoms with van der Waals surface area (Å²) in [6, 6.07) is 0. The second kappa shape index (κ2) is 12.9. The van der Waals surface area contributed by atoms with E-state index in [4.69, 9.17) is 18.9 Å². The van der Waals surface area contributed by atoms with Gasteiger partial charge in [0.25, 0.3) is 0 Å². The van der Waals surface area contributed by atoms with E-state index >= 15 is 0 Å². The summed E-state index contributed by atoms with van der Waals surface area (Å²) in [5.74, 6) is 1.59. The molecule has 0 radical (unpaired) electrons. The zero-order chi connectivity index (χ0) is 19.4. The van der Waals surface area contributed by atoms with Crippen LogP contribution in [0.15, 0.2) is 0 Å². The predicted molar refractivity (Wildman–Crippen MR) is 106 cm³/mol. The van der Waals surface area contributed by atoms with Crippen LogP contribution in [-0.2, 0) is 23.7 Å². The zero-order valence-electron chi connectivity index (χ0n) is 17.5. The van der Waals surface area contributed by atoms with Crippen molar-refractivity contribution in [3.05, 3.63) is 0 Å². The van der Waals surface area contributed by atoms with Crippen molar-refractivity contribution in [3.8, 4) is 0 Å². The Morgan fingerprint density at radius 2 is 1.33 bits per heavy atom. The van der Waals surface area contributed by atoms with Crippen LogP contribution in [0.5, 0.6) is 0 Å². The quantitative estimate of drug-likeness (QED) is 0.576. The molecule has 0 N–H and O–H groups in total. The van der Waals surface area contributed by atoms with Crippen LogP contribution in [0, 0.1) is 11.8 Å². The summed E-state index contributed by atoms with van der Waals surface area (Å²) in [5.41, 5.74) is 0. The standard InChI is InChI=1S/C12H22O3.C10H18O2/c1-2-7-13-10-11-3-5-12(6-4-11)14-8-9-15-12;1-2-7-12-8-9-3-5-10(11)6-4-9/h11H,2-10H2,1H3;9H,2-8H2,1H3. The van der Waals surface area contributed by atoms with Crippen LogP contribution in [0.2, 0.25) is 0 Å². The maximum Gasteiger partial charge on any atom is 0.168 e. The third-order valence-electron chi connectivity index (χ3n) is 5.75. The van der Waals surface area contributed by atoms with Gasteiger partial charge in [-0.25, -0.2) is 0 Å². The first-order chi connectivity index (χ1) is 13.2. The monoisotopic (exact) mass is 384 g/mol. The highest BCUT2D eigenvalue weighted by molar-refractivity contribution is 5.79. The lowest BCUT2D eigenvalue weighted by Crippen LogP contribution is -2.36. The van der Waals surface area contributed by atoms with Crippen LogP contribution < -0.4 is 0 Å². The fraction of sp³-hybridized carbons (Fsp3) is 0.955. The lowest BCUT2D eigenvalue weighted by Gasteiger charge is -2.35. The van der Waals surface area contributed by atoms with Gasteiger partial charge in [0.05, 0.1) is 13.2 Å². The molecule has 3 aliphatic rings. The van der Waals surface area contributed by atoms with Crippen LogP contribution in [0.3, 0.4) is 0 Å². The molecule has 1 spiro atoms. The molecule has 3 fully saturated rings. The van der Waals surface area contributed by atoms with Crippen molar-refractivity contribution in [1.29, 1.82) is 0 Å². The molecule has 1 saturated heterocycles. The zero-order valence-corrected chi connectivity index (χ0v) is 17.5. The van der Waals surface area contributed by atoms with E-state index in [9.17, 15) is 4.79 Å². The van der Waals surface area contributed by atoms with E-state index in [1.165, 1.54) is 12.8 Å². The molecule has 2 aliphatic carbocycles. The number of carbonyl (C=O) groups excluding carboxylic acids is 1. The van der Waals surface area contributed by atoms with Crippen molar-refractivity contribution < 1.29 is 23.7 Å². The molecule has 0 unspecified atom stereocenters. The van der Waals surface area contributed by atoms with Gasteiger partial charge in [-0.2, -0.15) is 0 Å². The Morgan fingerprint density at radius 3 is 1.81 bits per heavy atom. The summed E-state index contributed by atoms with van der Waals surface area (Å²) < 4.78 is 22.4. The number of carbonyl (C=O) groups is 1. The molecule has 2 saturated carbocycles. The van der Waals surface area contributed by atoms with Crippen molar-refractivity contribution in [2.24, 2.45) is 11.8 Å². The Kier molecular flexibility index (Phi) is 10.9. The number of Topliss-reactive ketones (excluding diaryl/α,β-unsaturated/α-hetero) is 1. The van der Waals surface area contributed by atoms with E-state index in [-0.39, 0.29) is 5.79 Å². The summed E-state index contributed by atoms with van der Waals surface area (Å²) in [6.07, 6.45) is 10.3. The minimum Gasteiger partial charge on any atom is -0.381 e. The van der Waals surface area contributed by atoms with Crippen molar-refractivity contribution in [3.63, 3.8) is 0 Å². The maximum absolute atomic E-state index is 10.9. The average molecular weight is 385 g/mol. The minimum absolute atomic E-state index is 0.207. The first-order valence-electron chi connectivity index (χ1n) is 11.1. The van der Waals surface area contributed by atoms with Gasteiger partial charge >= 0.3 is 0 Å². The summed E-state index contributed by atoms with van der Waals surface area (Å²) >= 11 is 0. The second-order valence-electron chi connectivity index (χ2n) is 8.18. The second-order valence-corrected chi connectivity index (χ2v) is 8.18. The molecular formula is C22H40O5. The fourth-order valence-electron chi connectivity index (χ4n) is 4.02. The van der Waals surface area contributed by atoms with Gasteiger partial charge in [-0.1, -0.05) is 13.8 Å². The molecule has 5 heteroatoms. The topological polar surface area (TPSA) is 54.0 Å². The number of rotatable bonds is 8. The molecule has 5 nitrogen and oxygen atoms in total. The highest BCUT2D eigenvalue weighted by Crippen LogP contribution is 2.38. The number of hydrogen-bond donors (Lipinski definition) is 0. The Morgan fingerprint density at radius 1 is 0.852 bits per heavy atom. The Hall–Kier alpha value is -0.490. The van der Waals surface area contributed by atoms with E-state index in [1.54, 1.807) is 0 Å². The maximum atomic E-state index is 10.9. The average Bonchev–Trinajstić information content (AvgIpc) is 3.14. The first-order valence-corrected chi connectivity index (χ1v) is 11.1. The highest BCUT2D eigenvalue weighted by atomic mass is 16.7. The minimum atomic E-state index is -0.207. The molecule has 0 bridgehead atoms. The number of hydrogen-bond acceptors (Lipinski definition) is 5. The summed E-state index contributed by atoms with van der Waals surface area (Å²) in [5, 5.41) is 0. The molecule has 27 heavy (non-hydrogen) atoms. The molecule has 158 valence electrons. The van der Waals surface area contributed by atoms with Gasteiger partial charge in [0.15, 0.2) is 5.79 Å². The lowest BCUT2D eigenvalue weighted by atomic mass is 9.85. The van der Waals surface area contributed by atoms with Crippen molar-refractivity contribution >= 4 is 5.78 Å². The third-order valence-corrected chi connectivity index (χ3v) is 5.75. The van der Waals surface area contributed by atoms with Gasteiger partial charge in [-0.3, -0.25) is 4.79 Å². The fourth-order valence-corrected chi connectivity index (χ4v) is 4.02. The molecular weight excluding hydrogens is 344 g/mol. The molecule has 1 heterocycles. The van der Waals surface area contributed by atoms with Gasteiger partial charge in [-0.05, 0) is 50.4 Å². The van der Waals surface area contributed by atoms with Crippen LogP contribution >= 0.6 is 0 Å². The van der Waals surface area contributed by atoms with Crippen molar-refractivity contribution in [2.75, 3.05) is 39.6 Å². The van der Waals surface area contributed by atoms with Gasteiger partial charge in [0, 0.05) is 52.1 Å². The first kappa shape index (κ1) is 22.8. The lowest BCUT2D eigenvalue weighted by molar-refractivity contribution is -0.184. The molecule has 0 aromatic rings. The number of ketones is 1. The largest absolute Gasteiger partial charge is 0.381 e. The summed E-state index contributed by atoms with van der Waals surface area (Å²) in [4.78, 5) is 10.9. The van der Waals surface area contributed by atoms with E-state index in [0.29, 0.717) is 11.7 Å². The van der Waals surface area contributed by atoms with E-state index in [2.05, 4.69) is 13.8 Å². The van der Waals surface area contributed by atoms with Gasteiger partial charge in [0.1, 0.15) is 5.78 Å². The summed E-state index contributed by atoms with van der Waals surface area (Å²) in [7, 11) is 0. The summed E-state index contributed by atoms with van der Waals surface area (Å²) in [6.45, 7) is 9.36. The van der Waals surface area contributed by atoms with Gasteiger partial charge in [0.2, 0.25) is 0 Å². The molecule has 1 aliphatic heterocycles. The normalized spacial score (nSPS) is 23.4. The third kappa shape index (κ3) is 8.59. The van der Waals surface area contributed by atoms with Gasteiger partial charge < -0.3 is 18.9 Å². The van der Waals surface area contributed by atoms with Crippen LogP contribution in [0.4, 0.5) is 0 Å². The molecule has 0 atom stereocenters. The predicted octanol–water partition coefficient (Wildman–Crippen LogP) is 4.52. The highest BCUT2D eigenvalue weighted by Gasteiger charge is 2.40. The van der Waals surface area contributed by atoms with Crippen molar-refractivity contribution in [1.82, 2.24) is 0 Å². The SMILES string of the molecule is CCCOCC1CCC(=O)CC1.CCCOCC1CCC2(CC1)OCCO2. The number of ether oxygens (including phenoxy) is 4. The van der Waals surface area contributed by atoms with E-state index in [1.807, 2.05) is 0 Å². The van der Waals surface area contributed by atoms with Gasteiger partial charge in [-0.15, -0.1) is 0 Å². The molecule has 3 rings (SSSR count). The molecule has 0 aromatic heterocycles. The van der Waals surface area contributed by atoms with Crippen LogP contribution in [0.25, 0.3) is 0 Å². The van der Waals surface area contributed by atoms with Crippen LogP contribution in [0.1, 0.15) is 78.1 Å². The smallest absolute Gasteiger partial charge is 0.168 e.